The molecular formula is C15H20FNO2. The van der Waals surface area contributed by atoms with Crippen molar-refractivity contribution in [3.8, 4) is 0 Å². The van der Waals surface area contributed by atoms with Gasteiger partial charge in [0.05, 0.1) is 12.2 Å². The fourth-order valence-corrected chi connectivity index (χ4v) is 2.74. The zero-order valence-corrected chi connectivity index (χ0v) is 11.2. The number of rotatable bonds is 4. The zero-order valence-electron chi connectivity index (χ0n) is 11.2. The first-order valence-corrected chi connectivity index (χ1v) is 6.82. The normalized spacial score (nSPS) is 15.7. The average molecular weight is 265 g/mol. The smallest absolute Gasteiger partial charge is 0.257 e. The van der Waals surface area contributed by atoms with Crippen LogP contribution in [-0.4, -0.2) is 35.1 Å². The van der Waals surface area contributed by atoms with Crippen molar-refractivity contribution in [2.75, 3.05) is 13.2 Å². The summed E-state index contributed by atoms with van der Waals surface area (Å²) in [5.41, 5.74) is 0.585. The summed E-state index contributed by atoms with van der Waals surface area (Å²) in [6.07, 6.45) is 4.07. The Labute approximate surface area is 113 Å². The third kappa shape index (κ3) is 2.95. The highest BCUT2D eigenvalue weighted by molar-refractivity contribution is 5.95. The summed E-state index contributed by atoms with van der Waals surface area (Å²) >= 11 is 0. The molecule has 0 saturated heterocycles. The van der Waals surface area contributed by atoms with E-state index in [0.717, 1.165) is 25.7 Å². The molecule has 0 radical (unpaired) electrons. The van der Waals surface area contributed by atoms with Crippen molar-refractivity contribution in [2.45, 2.75) is 38.6 Å². The van der Waals surface area contributed by atoms with Crippen LogP contribution in [-0.2, 0) is 0 Å². The van der Waals surface area contributed by atoms with Gasteiger partial charge in [-0.15, -0.1) is 0 Å². The van der Waals surface area contributed by atoms with E-state index in [1.165, 1.54) is 6.07 Å². The maximum absolute atomic E-state index is 14.0. The monoisotopic (exact) mass is 265 g/mol. The van der Waals surface area contributed by atoms with E-state index in [2.05, 4.69) is 0 Å². The van der Waals surface area contributed by atoms with Crippen LogP contribution in [0.15, 0.2) is 18.2 Å². The molecule has 0 spiro atoms. The van der Waals surface area contributed by atoms with Crippen LogP contribution in [0, 0.1) is 12.7 Å². The molecule has 4 heteroatoms. The van der Waals surface area contributed by atoms with Gasteiger partial charge in [-0.1, -0.05) is 25.0 Å². The third-order valence-electron chi connectivity index (χ3n) is 3.79. The fraction of sp³-hybridized carbons (Fsp3) is 0.533. The van der Waals surface area contributed by atoms with Gasteiger partial charge in [0.15, 0.2) is 0 Å². The molecule has 2 rings (SSSR count). The van der Waals surface area contributed by atoms with Gasteiger partial charge in [0.2, 0.25) is 0 Å². The van der Waals surface area contributed by atoms with Crippen LogP contribution in [0.25, 0.3) is 0 Å². The van der Waals surface area contributed by atoms with Gasteiger partial charge in [-0.3, -0.25) is 4.79 Å². The molecule has 1 saturated carbocycles. The van der Waals surface area contributed by atoms with Gasteiger partial charge in [0, 0.05) is 12.6 Å². The number of benzene rings is 1. The molecule has 0 aliphatic heterocycles. The summed E-state index contributed by atoms with van der Waals surface area (Å²) < 4.78 is 14.0. The third-order valence-corrected chi connectivity index (χ3v) is 3.79. The van der Waals surface area contributed by atoms with Crippen LogP contribution in [0.5, 0.6) is 0 Å². The number of hydrogen-bond donors (Lipinski definition) is 1. The topological polar surface area (TPSA) is 40.5 Å². The standard InChI is InChI=1S/C15H20FNO2/c1-11-5-4-8-13(14(11)16)15(19)17(9-10-18)12-6-2-3-7-12/h4-5,8,12,18H,2-3,6-7,9-10H2,1H3. The quantitative estimate of drug-likeness (QED) is 0.908. The number of nitrogens with zero attached hydrogens (tertiary/aromatic N) is 1. The van der Waals surface area contributed by atoms with Crippen LogP contribution in [0.1, 0.15) is 41.6 Å². The van der Waals surface area contributed by atoms with Gasteiger partial charge in [0.1, 0.15) is 5.82 Å². The Balaban J connectivity index is 2.25. The summed E-state index contributed by atoms with van der Waals surface area (Å²) in [5, 5.41) is 9.13. The predicted molar refractivity (Wildman–Crippen MR) is 71.5 cm³/mol. The van der Waals surface area contributed by atoms with Crippen molar-refractivity contribution >= 4 is 5.91 Å². The van der Waals surface area contributed by atoms with E-state index >= 15 is 0 Å². The van der Waals surface area contributed by atoms with E-state index < -0.39 is 5.82 Å². The molecule has 1 N–H and O–H groups in total. The molecule has 1 fully saturated rings. The number of aliphatic hydroxyl groups is 1. The molecule has 1 amide bonds. The number of halogens is 1. The Hall–Kier alpha value is -1.42. The first kappa shape index (κ1) is 14.0. The van der Waals surface area contributed by atoms with Crippen molar-refractivity contribution in [2.24, 2.45) is 0 Å². The maximum atomic E-state index is 14.0. The number of aliphatic hydroxyl groups excluding tert-OH is 1. The molecule has 0 heterocycles. The molecule has 104 valence electrons. The molecule has 0 bridgehead atoms. The van der Waals surface area contributed by atoms with E-state index in [0.29, 0.717) is 5.56 Å². The number of carbonyl (C=O) groups is 1. The van der Waals surface area contributed by atoms with Gasteiger partial charge in [-0.25, -0.2) is 4.39 Å². The highest BCUT2D eigenvalue weighted by Crippen LogP contribution is 2.25. The van der Waals surface area contributed by atoms with Gasteiger partial charge in [0.25, 0.3) is 5.91 Å². The largest absolute Gasteiger partial charge is 0.395 e. The second-order valence-electron chi connectivity index (χ2n) is 5.10. The van der Waals surface area contributed by atoms with Gasteiger partial charge < -0.3 is 10.0 Å². The lowest BCUT2D eigenvalue weighted by atomic mass is 10.1. The zero-order chi connectivity index (χ0) is 13.8. The van der Waals surface area contributed by atoms with Crippen LogP contribution < -0.4 is 0 Å². The van der Waals surface area contributed by atoms with Gasteiger partial charge in [-0.2, -0.15) is 0 Å². The molecule has 1 aromatic carbocycles. The van der Waals surface area contributed by atoms with E-state index in [1.54, 1.807) is 24.0 Å². The van der Waals surface area contributed by atoms with Crippen LogP contribution >= 0.6 is 0 Å². The summed E-state index contributed by atoms with van der Waals surface area (Å²) in [5.74, 6) is -0.754. The van der Waals surface area contributed by atoms with Gasteiger partial charge >= 0.3 is 0 Å². The summed E-state index contributed by atoms with van der Waals surface area (Å²) in [6.45, 7) is 1.84. The van der Waals surface area contributed by atoms with E-state index in [-0.39, 0.29) is 30.7 Å². The molecule has 1 aliphatic carbocycles. The molecule has 0 aromatic heterocycles. The van der Waals surface area contributed by atoms with Crippen LogP contribution in [0.2, 0.25) is 0 Å². The minimum Gasteiger partial charge on any atom is -0.395 e. The number of aryl methyl sites for hydroxylation is 1. The van der Waals surface area contributed by atoms with Gasteiger partial charge in [-0.05, 0) is 31.4 Å². The van der Waals surface area contributed by atoms with E-state index in [4.69, 9.17) is 5.11 Å². The molecule has 3 nitrogen and oxygen atoms in total. The molecule has 19 heavy (non-hydrogen) atoms. The summed E-state index contributed by atoms with van der Waals surface area (Å²) in [6, 6.07) is 5.00. The Kier molecular flexibility index (Phi) is 4.53. The number of amides is 1. The van der Waals surface area contributed by atoms with Crippen LogP contribution in [0.3, 0.4) is 0 Å². The Morgan fingerprint density at radius 1 is 1.42 bits per heavy atom. The number of carbonyl (C=O) groups excluding carboxylic acids is 1. The van der Waals surface area contributed by atoms with Crippen molar-refractivity contribution in [3.63, 3.8) is 0 Å². The Morgan fingerprint density at radius 2 is 2.11 bits per heavy atom. The fourth-order valence-electron chi connectivity index (χ4n) is 2.74. The summed E-state index contributed by atoms with van der Waals surface area (Å²) in [7, 11) is 0. The predicted octanol–water partition coefficient (Wildman–Crippen LogP) is 2.51. The highest BCUT2D eigenvalue weighted by Gasteiger charge is 2.28. The first-order chi connectivity index (χ1) is 9.15. The molecule has 0 unspecified atom stereocenters. The van der Waals surface area contributed by atoms with Crippen LogP contribution in [0.4, 0.5) is 4.39 Å². The Morgan fingerprint density at radius 3 is 2.74 bits per heavy atom. The van der Waals surface area contributed by atoms with Crippen molar-refractivity contribution in [1.29, 1.82) is 0 Å². The van der Waals surface area contributed by atoms with Crippen molar-refractivity contribution in [1.82, 2.24) is 4.90 Å². The lowest BCUT2D eigenvalue weighted by Crippen LogP contribution is -2.41. The number of hydrogen-bond acceptors (Lipinski definition) is 2. The van der Waals surface area contributed by atoms with Crippen molar-refractivity contribution < 1.29 is 14.3 Å². The second-order valence-corrected chi connectivity index (χ2v) is 5.10. The Bertz CT molecular complexity index is 455. The van der Waals surface area contributed by atoms with Crippen molar-refractivity contribution in [3.05, 3.63) is 35.1 Å². The minimum atomic E-state index is -0.451. The molecule has 0 atom stereocenters. The average Bonchev–Trinajstić information content (AvgIpc) is 2.92. The first-order valence-electron chi connectivity index (χ1n) is 6.82. The highest BCUT2D eigenvalue weighted by atomic mass is 19.1. The molecule has 1 aromatic rings. The summed E-state index contributed by atoms with van der Waals surface area (Å²) in [4.78, 5) is 14.1. The molecular weight excluding hydrogens is 245 g/mol. The SMILES string of the molecule is Cc1cccc(C(=O)N(CCO)C2CCCC2)c1F. The molecule has 1 aliphatic rings. The second kappa shape index (κ2) is 6.15. The minimum absolute atomic E-state index is 0.0876. The van der Waals surface area contributed by atoms with E-state index in [1.807, 2.05) is 0 Å². The van der Waals surface area contributed by atoms with E-state index in [9.17, 15) is 9.18 Å². The lowest BCUT2D eigenvalue weighted by molar-refractivity contribution is 0.0633. The maximum Gasteiger partial charge on any atom is 0.257 e. The lowest BCUT2D eigenvalue weighted by Gasteiger charge is -2.28.